The number of anilines is 1. The summed E-state index contributed by atoms with van der Waals surface area (Å²) in [5.41, 5.74) is 13.5. The summed E-state index contributed by atoms with van der Waals surface area (Å²) >= 11 is 0. The molecule has 2 bridgehead atoms. The van der Waals surface area contributed by atoms with E-state index >= 15 is 4.79 Å². The highest BCUT2D eigenvalue weighted by molar-refractivity contribution is 8.76. The summed E-state index contributed by atoms with van der Waals surface area (Å²) in [6.45, 7) is 0.898. The number of nitrogens with two attached hydrogens (primary N) is 2. The molecule has 2 saturated carbocycles. The summed E-state index contributed by atoms with van der Waals surface area (Å²) in [4.78, 5) is 19.6. The van der Waals surface area contributed by atoms with E-state index in [9.17, 15) is 25.6 Å². The first kappa shape index (κ1) is 36.2. The van der Waals surface area contributed by atoms with E-state index in [2.05, 4.69) is 10.5 Å². The molecule has 13 nitrogen and oxygen atoms in total. The van der Waals surface area contributed by atoms with Gasteiger partial charge in [-0.1, -0.05) is 33.7 Å². The van der Waals surface area contributed by atoms with Crippen LogP contribution >= 0.6 is 21.6 Å². The highest BCUT2D eigenvalue weighted by Gasteiger charge is 2.52. The van der Waals surface area contributed by atoms with Gasteiger partial charge in [-0.15, -0.1) is 0 Å². The van der Waals surface area contributed by atoms with Crippen LogP contribution in [0.4, 0.5) is 5.69 Å². The van der Waals surface area contributed by atoms with Crippen LogP contribution < -0.4 is 31.8 Å². The van der Waals surface area contributed by atoms with E-state index in [4.69, 9.17) is 25.4 Å². The maximum absolute atomic E-state index is 15.3. The Morgan fingerprint density at radius 3 is 2.53 bits per heavy atom. The van der Waals surface area contributed by atoms with Crippen LogP contribution in [0.5, 0.6) is 11.5 Å². The molecule has 276 valence electrons. The Balaban J connectivity index is 1.55. The van der Waals surface area contributed by atoms with Crippen molar-refractivity contribution in [3.63, 3.8) is 0 Å². The topological polar surface area (TPSA) is 226 Å². The number of rotatable bonds is 8. The quantitative estimate of drug-likeness (QED) is 0.0703. The third-order valence-corrected chi connectivity index (χ3v) is 13.7. The van der Waals surface area contributed by atoms with Crippen molar-refractivity contribution >= 4 is 44.2 Å². The Hall–Kier alpha value is -3.18. The fraction of sp³-hybridized carbons (Fsp3) is 0.556. The van der Waals surface area contributed by atoms with Crippen LogP contribution in [-0.2, 0) is 6.42 Å². The first-order valence-electron chi connectivity index (χ1n) is 17.5. The molecule has 2 aromatic carbocycles. The van der Waals surface area contributed by atoms with Gasteiger partial charge in [0.05, 0.1) is 41.4 Å². The lowest BCUT2D eigenvalue weighted by Crippen LogP contribution is -2.47. The van der Waals surface area contributed by atoms with Crippen molar-refractivity contribution < 1.29 is 39.5 Å². The third kappa shape index (κ3) is 6.66. The largest absolute Gasteiger partial charge is 0.489 e. The van der Waals surface area contributed by atoms with Gasteiger partial charge >= 0.3 is 0 Å². The number of hydrogen-bond donors (Lipinski definition) is 8. The van der Waals surface area contributed by atoms with E-state index < -0.39 is 40.6 Å². The molecule has 4 aliphatic rings. The highest BCUT2D eigenvalue weighted by Crippen LogP contribution is 2.60. The summed E-state index contributed by atoms with van der Waals surface area (Å²) in [6, 6.07) is 6.84. The first-order chi connectivity index (χ1) is 24.5. The zero-order chi connectivity index (χ0) is 36.1. The lowest BCUT2D eigenvalue weighted by atomic mass is 9.74. The number of nitrogens with zero attached hydrogens (tertiary/aromatic N) is 1. The van der Waals surface area contributed by atoms with Gasteiger partial charge in [-0.3, -0.25) is 15.5 Å². The zero-order valence-corrected chi connectivity index (χ0v) is 30.1. The average molecular weight is 743 g/mol. The molecule has 51 heavy (non-hydrogen) atoms. The molecule has 6 atom stereocenters. The SMILES string of the molecule is C[C@@]1(O)CCC[C@@H]2c3c(c4c5oc(c(Cc6ccc(NO)cc6)c(=O)c5c3OC3CCCC3)[C@@H](O)C[C@](CO)(N=C(N)N)CSS[C@H]4CO)O[C@@H]21. The second kappa shape index (κ2) is 14.3. The van der Waals surface area contributed by atoms with Gasteiger partial charge in [0, 0.05) is 35.6 Å². The number of aliphatic hydroxyl groups is 4. The number of aliphatic hydroxyl groups excluding tert-OH is 3. The van der Waals surface area contributed by atoms with Crippen LogP contribution in [0.1, 0.15) is 104 Å². The Bertz CT molecular complexity index is 1860. The molecule has 3 heterocycles. The smallest absolute Gasteiger partial charge is 0.200 e. The fourth-order valence-corrected chi connectivity index (χ4v) is 11.2. The summed E-state index contributed by atoms with van der Waals surface area (Å²) in [7, 11) is 2.62. The van der Waals surface area contributed by atoms with Gasteiger partial charge in [0.25, 0.3) is 0 Å². The van der Waals surface area contributed by atoms with E-state index in [1.165, 1.54) is 21.6 Å². The van der Waals surface area contributed by atoms with E-state index in [1.54, 1.807) is 31.2 Å². The van der Waals surface area contributed by atoms with Crippen molar-refractivity contribution in [2.75, 3.05) is 24.4 Å². The van der Waals surface area contributed by atoms with Crippen molar-refractivity contribution in [2.24, 2.45) is 16.5 Å². The second-order valence-corrected chi connectivity index (χ2v) is 17.1. The van der Waals surface area contributed by atoms with Crippen LogP contribution in [0, 0.1) is 0 Å². The van der Waals surface area contributed by atoms with Crippen LogP contribution in [0.3, 0.4) is 0 Å². The van der Waals surface area contributed by atoms with Crippen LogP contribution in [0.15, 0.2) is 38.5 Å². The standard InChI is InChI=1S/C36H46N4O9S2/c1-35(45)12-4-7-21-25-30(49-33(21)35)26-24(15-41)51-50-17-36(16-42,39-34(37)38)14-23(43)29-22(13-18-8-10-19(40-46)11-9-18)28(44)27(32(26)48-29)31(25)47-20-5-2-3-6-20/h8-11,20-21,23-24,33,40-43,45-46H,2-7,12-17H2,1H3,(H4,37,38,39)/t21-,23+,24+,33+,35-,36-/m1/s1. The number of hydrogen-bond acceptors (Lipinski definition) is 13. The highest BCUT2D eigenvalue weighted by atomic mass is 33.1. The van der Waals surface area contributed by atoms with Crippen LogP contribution in [0.25, 0.3) is 11.0 Å². The van der Waals surface area contributed by atoms with Gasteiger partial charge in [0.15, 0.2) is 11.4 Å². The molecule has 7 rings (SSSR count). The Kier molecular flexibility index (Phi) is 10.2. The summed E-state index contributed by atoms with van der Waals surface area (Å²) < 4.78 is 20.4. The van der Waals surface area contributed by atoms with Gasteiger partial charge in [-0.2, -0.15) is 0 Å². The average Bonchev–Trinajstić information content (AvgIpc) is 3.76. The van der Waals surface area contributed by atoms with Gasteiger partial charge in [0.2, 0.25) is 0 Å². The molecule has 1 aromatic heterocycles. The molecule has 2 aliphatic carbocycles. The monoisotopic (exact) mass is 742 g/mol. The van der Waals surface area contributed by atoms with Crippen molar-refractivity contribution in [3.8, 4) is 11.5 Å². The van der Waals surface area contributed by atoms with E-state index in [1.807, 2.05) is 0 Å². The number of benzene rings is 2. The molecule has 2 fully saturated rings. The molecule has 3 aromatic rings. The van der Waals surface area contributed by atoms with Crippen molar-refractivity contribution in [2.45, 2.75) is 105 Å². The molecule has 0 spiro atoms. The Labute approximate surface area is 303 Å². The van der Waals surface area contributed by atoms with Gasteiger partial charge in [0.1, 0.15) is 46.0 Å². The number of guanidine groups is 1. The maximum atomic E-state index is 15.3. The second-order valence-electron chi connectivity index (χ2n) is 14.5. The molecule has 0 saturated heterocycles. The van der Waals surface area contributed by atoms with Crippen molar-refractivity contribution in [3.05, 3.63) is 62.5 Å². The lowest BCUT2D eigenvalue weighted by molar-refractivity contribution is -0.0727. The van der Waals surface area contributed by atoms with Crippen LogP contribution in [0.2, 0.25) is 0 Å². The molecule has 0 amide bonds. The molecule has 2 aliphatic heterocycles. The summed E-state index contributed by atoms with van der Waals surface area (Å²) in [6.07, 6.45) is 3.34. The minimum atomic E-state index is -1.44. The fourth-order valence-electron chi connectivity index (χ4n) is 8.30. The van der Waals surface area contributed by atoms with Crippen molar-refractivity contribution in [1.29, 1.82) is 0 Å². The maximum Gasteiger partial charge on any atom is 0.200 e. The Morgan fingerprint density at radius 1 is 1.12 bits per heavy atom. The third-order valence-electron chi connectivity index (χ3n) is 10.8. The summed E-state index contributed by atoms with van der Waals surface area (Å²) in [5, 5.41) is 54.2. The van der Waals surface area contributed by atoms with Gasteiger partial charge < -0.3 is 45.8 Å². The summed E-state index contributed by atoms with van der Waals surface area (Å²) in [5.74, 6) is 0.394. The van der Waals surface area contributed by atoms with E-state index in [0.29, 0.717) is 46.7 Å². The molecule has 0 radical (unpaired) electrons. The number of fused-ring (bicyclic) bond motifs is 5. The predicted octanol–water partition coefficient (Wildman–Crippen LogP) is 4.14. The molecular weight excluding hydrogens is 697 g/mol. The minimum Gasteiger partial charge on any atom is -0.489 e. The van der Waals surface area contributed by atoms with Gasteiger partial charge in [-0.05, 0) is 69.6 Å². The molecular formula is C36H46N4O9S2. The number of nitrogens with one attached hydrogen (secondary N) is 1. The van der Waals surface area contributed by atoms with E-state index in [-0.39, 0.29) is 65.5 Å². The first-order valence-corrected chi connectivity index (χ1v) is 19.9. The van der Waals surface area contributed by atoms with E-state index in [0.717, 1.165) is 32.1 Å². The molecule has 10 N–H and O–H groups in total. The lowest BCUT2D eigenvalue weighted by Gasteiger charge is -2.37. The number of aliphatic imine (C=N–C) groups is 1. The normalized spacial score (nSPS) is 29.2. The zero-order valence-electron chi connectivity index (χ0n) is 28.5. The minimum absolute atomic E-state index is 0.0236. The van der Waals surface area contributed by atoms with Crippen molar-refractivity contribution in [1.82, 2.24) is 0 Å². The Morgan fingerprint density at radius 2 is 1.86 bits per heavy atom. The van der Waals surface area contributed by atoms with Gasteiger partial charge in [-0.25, -0.2) is 4.99 Å². The number of ether oxygens (including phenoxy) is 2. The molecule has 15 heteroatoms. The molecule has 0 unspecified atom stereocenters. The van der Waals surface area contributed by atoms with Crippen LogP contribution in [-0.4, -0.2) is 73.9 Å². The predicted molar refractivity (Wildman–Crippen MR) is 197 cm³/mol.